The first-order valence-electron chi connectivity index (χ1n) is 9.24. The van der Waals surface area contributed by atoms with Gasteiger partial charge in [0.2, 0.25) is 0 Å². The van der Waals surface area contributed by atoms with Crippen LogP contribution >= 0.6 is 11.6 Å². The Labute approximate surface area is 172 Å². The van der Waals surface area contributed by atoms with Crippen molar-refractivity contribution in [3.8, 4) is 5.75 Å². The van der Waals surface area contributed by atoms with E-state index < -0.39 is 11.7 Å². The minimum atomic E-state index is -4.37. The summed E-state index contributed by atoms with van der Waals surface area (Å²) in [5.74, 6) is 0.430. The van der Waals surface area contributed by atoms with Crippen molar-refractivity contribution in [3.05, 3.63) is 58.1 Å². The molecule has 1 saturated heterocycles. The maximum atomic E-state index is 12.9. The number of rotatable bonds is 4. The summed E-state index contributed by atoms with van der Waals surface area (Å²) in [5, 5.41) is 0.675. The van der Waals surface area contributed by atoms with Gasteiger partial charge in [0.25, 0.3) is 5.91 Å². The Bertz CT molecular complexity index is 871. The average molecular weight is 427 g/mol. The monoisotopic (exact) mass is 426 g/mol. The summed E-state index contributed by atoms with van der Waals surface area (Å²) in [4.78, 5) is 16.0. The number of carbonyl (C=O) groups excluding carboxylic acids is 1. The van der Waals surface area contributed by atoms with E-state index in [0.717, 1.165) is 23.3 Å². The van der Waals surface area contributed by atoms with Crippen LogP contribution in [0.2, 0.25) is 5.02 Å². The van der Waals surface area contributed by atoms with Crippen molar-refractivity contribution in [1.29, 1.82) is 0 Å². The third-order valence-corrected chi connectivity index (χ3v) is 5.54. The van der Waals surface area contributed by atoms with E-state index in [1.807, 2.05) is 18.7 Å². The van der Waals surface area contributed by atoms with E-state index >= 15 is 0 Å². The van der Waals surface area contributed by atoms with E-state index in [1.165, 1.54) is 6.07 Å². The molecule has 0 atom stereocenters. The summed E-state index contributed by atoms with van der Waals surface area (Å²) in [6.45, 7) is 5.44. The van der Waals surface area contributed by atoms with Gasteiger partial charge in [-0.1, -0.05) is 17.7 Å². The summed E-state index contributed by atoms with van der Waals surface area (Å²) in [7, 11) is 0. The van der Waals surface area contributed by atoms with Crippen LogP contribution in [-0.4, -0.2) is 43.6 Å². The van der Waals surface area contributed by atoms with Crippen molar-refractivity contribution in [2.45, 2.75) is 20.0 Å². The molecule has 0 N–H and O–H groups in total. The fraction of sp³-hybridized carbons (Fsp3) is 0.381. The normalized spacial score (nSPS) is 14.8. The van der Waals surface area contributed by atoms with E-state index in [2.05, 4.69) is 0 Å². The molecule has 1 aliphatic rings. The predicted octanol–water partition coefficient (Wildman–Crippen LogP) is 4.70. The molecule has 0 bridgehead atoms. The van der Waals surface area contributed by atoms with Crippen molar-refractivity contribution in [2.75, 3.05) is 37.7 Å². The molecular weight excluding hydrogens is 405 g/mol. The molecule has 29 heavy (non-hydrogen) atoms. The third-order valence-electron chi connectivity index (χ3n) is 4.94. The second-order valence-electron chi connectivity index (χ2n) is 7.08. The molecule has 3 rings (SSSR count). The lowest BCUT2D eigenvalue weighted by atomic mass is 10.1. The average Bonchev–Trinajstić information content (AvgIpc) is 2.69. The fourth-order valence-corrected chi connectivity index (χ4v) is 3.43. The van der Waals surface area contributed by atoms with Crippen LogP contribution in [-0.2, 0) is 11.0 Å². The molecule has 4 nitrogen and oxygen atoms in total. The van der Waals surface area contributed by atoms with Crippen LogP contribution in [0.5, 0.6) is 5.75 Å². The van der Waals surface area contributed by atoms with E-state index in [1.54, 1.807) is 23.1 Å². The lowest BCUT2D eigenvalue weighted by molar-refractivity contribution is -0.137. The minimum absolute atomic E-state index is 0.0932. The number of piperazine rings is 1. The van der Waals surface area contributed by atoms with Gasteiger partial charge in [0.15, 0.2) is 6.61 Å². The van der Waals surface area contributed by atoms with E-state index in [0.29, 0.717) is 42.6 Å². The molecule has 0 aliphatic carbocycles. The minimum Gasteiger partial charge on any atom is -0.484 e. The molecule has 0 saturated carbocycles. The highest BCUT2D eigenvalue weighted by Gasteiger charge is 2.31. The summed E-state index contributed by atoms with van der Waals surface area (Å²) in [5.41, 5.74) is 1.60. The summed E-state index contributed by atoms with van der Waals surface area (Å²) in [6, 6.07) is 8.83. The Balaban J connectivity index is 1.55. The second-order valence-corrected chi connectivity index (χ2v) is 7.45. The first-order valence-corrected chi connectivity index (χ1v) is 9.62. The molecule has 0 aromatic heterocycles. The van der Waals surface area contributed by atoms with Gasteiger partial charge in [0.05, 0.1) is 5.56 Å². The highest BCUT2D eigenvalue weighted by Crippen LogP contribution is 2.32. The highest BCUT2D eigenvalue weighted by molar-refractivity contribution is 6.32. The lowest BCUT2D eigenvalue weighted by Crippen LogP contribution is -2.50. The zero-order valence-corrected chi connectivity index (χ0v) is 17.0. The summed E-state index contributed by atoms with van der Waals surface area (Å²) in [6.07, 6.45) is -4.37. The van der Waals surface area contributed by atoms with Crippen LogP contribution in [0.25, 0.3) is 0 Å². The van der Waals surface area contributed by atoms with Crippen molar-refractivity contribution < 1.29 is 22.7 Å². The molecule has 2 aromatic carbocycles. The topological polar surface area (TPSA) is 32.8 Å². The second kappa shape index (κ2) is 8.53. The van der Waals surface area contributed by atoms with Crippen molar-refractivity contribution >= 4 is 23.2 Å². The maximum Gasteiger partial charge on any atom is 0.416 e. The molecule has 1 aliphatic heterocycles. The number of hydrogen-bond acceptors (Lipinski definition) is 3. The number of alkyl halides is 3. The quantitative estimate of drug-likeness (QED) is 0.710. The van der Waals surface area contributed by atoms with E-state index in [4.69, 9.17) is 16.3 Å². The molecule has 8 heteroatoms. The van der Waals surface area contributed by atoms with Crippen molar-refractivity contribution in [1.82, 2.24) is 4.90 Å². The van der Waals surface area contributed by atoms with Crippen LogP contribution in [0.1, 0.15) is 16.7 Å². The van der Waals surface area contributed by atoms with Gasteiger partial charge in [0.1, 0.15) is 5.75 Å². The van der Waals surface area contributed by atoms with Gasteiger partial charge in [-0.15, -0.1) is 0 Å². The van der Waals surface area contributed by atoms with Crippen LogP contribution in [0.15, 0.2) is 36.4 Å². The SMILES string of the molecule is Cc1cc(OCC(=O)N2CCN(c3cccc(C(F)(F)F)c3)CC2)cc(C)c1Cl. The number of hydrogen-bond donors (Lipinski definition) is 0. The van der Waals surface area contributed by atoms with Crippen molar-refractivity contribution in [2.24, 2.45) is 0 Å². The number of anilines is 1. The predicted molar refractivity (Wildman–Crippen MR) is 107 cm³/mol. The van der Waals surface area contributed by atoms with Crippen molar-refractivity contribution in [3.63, 3.8) is 0 Å². The number of carbonyl (C=O) groups is 1. The molecule has 1 heterocycles. The number of amides is 1. The third kappa shape index (κ3) is 5.15. The maximum absolute atomic E-state index is 12.9. The van der Waals surface area contributed by atoms with Gasteiger partial charge in [-0.3, -0.25) is 4.79 Å². The standard InChI is InChI=1S/C21H22ClF3N2O2/c1-14-10-18(11-15(2)20(14)22)29-13-19(28)27-8-6-26(7-9-27)17-5-3-4-16(12-17)21(23,24)25/h3-5,10-12H,6-9,13H2,1-2H3. The summed E-state index contributed by atoms with van der Waals surface area (Å²) >= 11 is 6.14. The van der Waals surface area contributed by atoms with Gasteiger partial charge in [0, 0.05) is 36.9 Å². The summed E-state index contributed by atoms with van der Waals surface area (Å²) < 4.78 is 44.3. The Morgan fingerprint density at radius 1 is 1.07 bits per heavy atom. The van der Waals surface area contributed by atoms with Gasteiger partial charge in [-0.2, -0.15) is 13.2 Å². The Hall–Kier alpha value is -2.41. The molecule has 0 spiro atoms. The molecule has 0 unspecified atom stereocenters. The number of aryl methyl sites for hydroxylation is 2. The number of ether oxygens (including phenoxy) is 1. The lowest BCUT2D eigenvalue weighted by Gasteiger charge is -2.36. The smallest absolute Gasteiger partial charge is 0.416 e. The van der Waals surface area contributed by atoms with Crippen LogP contribution in [0.3, 0.4) is 0 Å². The number of nitrogens with zero attached hydrogens (tertiary/aromatic N) is 2. The number of halogens is 4. The van der Waals surface area contributed by atoms with E-state index in [-0.39, 0.29) is 12.5 Å². The fourth-order valence-electron chi connectivity index (χ4n) is 3.32. The van der Waals surface area contributed by atoms with Crippen LogP contribution in [0, 0.1) is 13.8 Å². The first kappa shape index (κ1) is 21.3. The first-order chi connectivity index (χ1) is 13.6. The Morgan fingerprint density at radius 3 is 2.28 bits per heavy atom. The van der Waals surface area contributed by atoms with Gasteiger partial charge >= 0.3 is 6.18 Å². The molecule has 2 aromatic rings. The Morgan fingerprint density at radius 2 is 1.69 bits per heavy atom. The van der Waals surface area contributed by atoms with Gasteiger partial charge in [-0.25, -0.2) is 0 Å². The van der Waals surface area contributed by atoms with E-state index in [9.17, 15) is 18.0 Å². The van der Waals surface area contributed by atoms with Crippen LogP contribution < -0.4 is 9.64 Å². The number of benzene rings is 2. The molecule has 1 fully saturated rings. The van der Waals surface area contributed by atoms with Gasteiger partial charge < -0.3 is 14.5 Å². The molecule has 156 valence electrons. The highest BCUT2D eigenvalue weighted by atomic mass is 35.5. The molecular formula is C21H22ClF3N2O2. The molecule has 0 radical (unpaired) electrons. The Kier molecular flexibility index (Phi) is 6.27. The van der Waals surface area contributed by atoms with Crippen LogP contribution in [0.4, 0.5) is 18.9 Å². The van der Waals surface area contributed by atoms with Gasteiger partial charge in [-0.05, 0) is 55.3 Å². The largest absolute Gasteiger partial charge is 0.484 e. The zero-order valence-electron chi connectivity index (χ0n) is 16.2. The zero-order chi connectivity index (χ0) is 21.2. The molecule has 1 amide bonds.